The molecule has 0 fully saturated rings. The van der Waals surface area contributed by atoms with Crippen LogP contribution in [0.2, 0.25) is 0 Å². The molecule has 0 saturated heterocycles. The average molecular weight is 334 g/mol. The molecule has 0 aliphatic rings. The van der Waals surface area contributed by atoms with Crippen LogP contribution in [0.15, 0.2) is 29.8 Å². The summed E-state index contributed by atoms with van der Waals surface area (Å²) < 4.78 is 10.9. The van der Waals surface area contributed by atoms with Gasteiger partial charge in [-0.05, 0) is 19.1 Å². The maximum Gasteiger partial charge on any atom is 0.359 e. The second-order valence-electron chi connectivity index (χ2n) is 4.89. The van der Waals surface area contributed by atoms with Gasteiger partial charge in [-0.2, -0.15) is 0 Å². The highest BCUT2D eigenvalue weighted by Gasteiger charge is 2.15. The molecule has 0 radical (unpaired) electrons. The van der Waals surface area contributed by atoms with Gasteiger partial charge in [-0.15, -0.1) is 4.73 Å². The van der Waals surface area contributed by atoms with E-state index in [1.807, 2.05) is 0 Å². The van der Waals surface area contributed by atoms with Crippen molar-refractivity contribution in [3.8, 4) is 23.3 Å². The van der Waals surface area contributed by atoms with E-state index in [-0.39, 0.29) is 5.57 Å². The smallest absolute Gasteiger partial charge is 0.359 e. The van der Waals surface area contributed by atoms with E-state index >= 15 is 0 Å². The van der Waals surface area contributed by atoms with Gasteiger partial charge in [0, 0.05) is 35.0 Å². The largest absolute Gasteiger partial charge is 0.493 e. The van der Waals surface area contributed by atoms with Gasteiger partial charge in [0.1, 0.15) is 0 Å². The molecule has 0 amide bonds. The maximum atomic E-state index is 12.1. The van der Waals surface area contributed by atoms with Gasteiger partial charge in [-0.3, -0.25) is 0 Å². The molecule has 2 aromatic rings. The van der Waals surface area contributed by atoms with Crippen molar-refractivity contribution in [1.29, 1.82) is 0 Å². The second kappa shape index (κ2) is 6.86. The number of methoxy groups -OCH3 is 2. The molecule has 2 rings (SSSR count). The van der Waals surface area contributed by atoms with Gasteiger partial charge in [-0.1, -0.05) is 0 Å². The molecule has 1 heterocycles. The van der Waals surface area contributed by atoms with E-state index in [0.717, 1.165) is 0 Å². The van der Waals surface area contributed by atoms with Crippen LogP contribution in [0.1, 0.15) is 12.5 Å². The summed E-state index contributed by atoms with van der Waals surface area (Å²) in [6.07, 6.45) is 1.50. The number of aromatic nitrogens is 1. The van der Waals surface area contributed by atoms with Crippen LogP contribution < -0.4 is 20.0 Å². The highest BCUT2D eigenvalue weighted by Crippen LogP contribution is 2.33. The van der Waals surface area contributed by atoms with E-state index in [1.54, 1.807) is 12.1 Å². The van der Waals surface area contributed by atoms with Crippen LogP contribution in [0, 0.1) is 0 Å². The Morgan fingerprint density at radius 2 is 1.67 bits per heavy atom. The van der Waals surface area contributed by atoms with Crippen LogP contribution in [0.4, 0.5) is 5.69 Å². The number of anilines is 1. The van der Waals surface area contributed by atoms with Gasteiger partial charge in [0.05, 0.1) is 14.2 Å². The van der Waals surface area contributed by atoms with E-state index in [0.29, 0.717) is 27.5 Å². The predicted octanol–water partition coefficient (Wildman–Crippen LogP) is 1.56. The molecule has 24 heavy (non-hydrogen) atoms. The number of nitrogens with two attached hydrogens (primary N) is 1. The van der Waals surface area contributed by atoms with Gasteiger partial charge in [0.25, 0.3) is 0 Å². The van der Waals surface area contributed by atoms with Crippen LogP contribution in [0.3, 0.4) is 0 Å². The minimum atomic E-state index is -0.772. The molecule has 8 nitrogen and oxygen atoms in total. The molecular formula is C16H18N2O6. The first kappa shape index (κ1) is 17.1. The Morgan fingerprint density at radius 3 is 2.21 bits per heavy atom. The summed E-state index contributed by atoms with van der Waals surface area (Å²) in [6.45, 7) is 1.51. The fourth-order valence-corrected chi connectivity index (χ4v) is 1.98. The Bertz CT molecular complexity index is 775. The Morgan fingerprint density at radius 1 is 1.12 bits per heavy atom. The Labute approximate surface area is 138 Å². The SMILES string of the molecule is COc1cc(N)c(C=C(C)C(=O)On2c(O)ccc2O)cc1OC. The molecular weight excluding hydrogens is 316 g/mol. The predicted molar refractivity (Wildman–Crippen MR) is 87.0 cm³/mol. The fraction of sp³-hybridized carbons (Fsp3) is 0.188. The van der Waals surface area contributed by atoms with Gasteiger partial charge >= 0.3 is 5.97 Å². The Kier molecular flexibility index (Phi) is 4.88. The fourth-order valence-electron chi connectivity index (χ4n) is 1.98. The Hall–Kier alpha value is -3.29. The summed E-state index contributed by atoms with van der Waals surface area (Å²) in [5.41, 5.74) is 7.04. The molecule has 0 spiro atoms. The molecule has 0 saturated carbocycles. The van der Waals surface area contributed by atoms with Gasteiger partial charge in [-0.25, -0.2) is 4.79 Å². The maximum absolute atomic E-state index is 12.1. The van der Waals surface area contributed by atoms with E-state index < -0.39 is 17.7 Å². The molecule has 0 aliphatic carbocycles. The summed E-state index contributed by atoms with van der Waals surface area (Å²) in [6, 6.07) is 5.57. The molecule has 8 heteroatoms. The van der Waals surface area contributed by atoms with Crippen molar-refractivity contribution in [2.45, 2.75) is 6.92 Å². The summed E-state index contributed by atoms with van der Waals surface area (Å²) in [7, 11) is 2.98. The lowest BCUT2D eigenvalue weighted by molar-refractivity contribution is -0.140. The molecule has 1 aromatic heterocycles. The van der Waals surface area contributed by atoms with Crippen LogP contribution >= 0.6 is 0 Å². The summed E-state index contributed by atoms with van der Waals surface area (Å²) in [4.78, 5) is 17.0. The number of carbonyl (C=O) groups excluding carboxylic acids is 1. The lowest BCUT2D eigenvalue weighted by atomic mass is 10.1. The normalized spacial score (nSPS) is 11.2. The number of aromatic hydroxyl groups is 2. The molecule has 0 bridgehead atoms. The standard InChI is InChI=1S/C16H18N2O6/c1-9(16(21)24-18-14(19)4-5-15(18)20)6-10-7-12(22-2)13(23-3)8-11(10)17/h4-8,19-20H,17H2,1-3H3. The van der Waals surface area contributed by atoms with Crippen molar-refractivity contribution in [3.05, 3.63) is 35.4 Å². The molecule has 0 unspecified atom stereocenters. The zero-order valence-electron chi connectivity index (χ0n) is 13.4. The van der Waals surface area contributed by atoms with E-state index in [2.05, 4.69) is 0 Å². The van der Waals surface area contributed by atoms with Crippen molar-refractivity contribution in [3.63, 3.8) is 0 Å². The first-order chi connectivity index (χ1) is 11.4. The van der Waals surface area contributed by atoms with Crippen molar-refractivity contribution >= 4 is 17.7 Å². The summed E-state index contributed by atoms with van der Waals surface area (Å²) >= 11 is 0. The number of nitrogen functional groups attached to an aromatic ring is 1. The van der Waals surface area contributed by atoms with Gasteiger partial charge < -0.3 is 30.3 Å². The van der Waals surface area contributed by atoms with E-state index in [9.17, 15) is 15.0 Å². The molecule has 0 aliphatic heterocycles. The summed E-state index contributed by atoms with van der Waals surface area (Å²) in [5, 5.41) is 19.0. The topological polar surface area (TPSA) is 116 Å². The number of carbonyl (C=O) groups is 1. The number of hydrogen-bond acceptors (Lipinski definition) is 7. The van der Waals surface area contributed by atoms with Gasteiger partial charge in [0.2, 0.25) is 11.8 Å². The minimum Gasteiger partial charge on any atom is -0.493 e. The van der Waals surface area contributed by atoms with Gasteiger partial charge in [0.15, 0.2) is 11.5 Å². The van der Waals surface area contributed by atoms with Crippen LogP contribution in [-0.4, -0.2) is 35.1 Å². The third-order valence-electron chi connectivity index (χ3n) is 3.26. The second-order valence-corrected chi connectivity index (χ2v) is 4.89. The highest BCUT2D eigenvalue weighted by atomic mass is 16.7. The van der Waals surface area contributed by atoms with Crippen LogP contribution in [-0.2, 0) is 4.79 Å². The van der Waals surface area contributed by atoms with Crippen LogP contribution in [0.25, 0.3) is 6.08 Å². The monoisotopic (exact) mass is 334 g/mol. The number of nitrogens with zero attached hydrogens (tertiary/aromatic N) is 1. The number of ether oxygens (including phenoxy) is 2. The first-order valence-electron chi connectivity index (χ1n) is 6.89. The number of rotatable bonds is 5. The molecule has 0 atom stereocenters. The number of benzene rings is 1. The molecule has 4 N–H and O–H groups in total. The number of hydrogen-bond donors (Lipinski definition) is 3. The zero-order valence-corrected chi connectivity index (χ0v) is 13.4. The van der Waals surface area contributed by atoms with Crippen molar-refractivity contribution in [1.82, 2.24) is 4.73 Å². The summed E-state index contributed by atoms with van der Waals surface area (Å²) in [5.74, 6) is -0.654. The quantitative estimate of drug-likeness (QED) is 0.561. The lowest BCUT2D eigenvalue weighted by Gasteiger charge is -2.11. The minimum absolute atomic E-state index is 0.196. The van der Waals surface area contributed by atoms with E-state index in [1.165, 1.54) is 39.4 Å². The van der Waals surface area contributed by atoms with E-state index in [4.69, 9.17) is 20.0 Å². The molecule has 128 valence electrons. The van der Waals surface area contributed by atoms with Crippen molar-refractivity contribution in [2.75, 3.05) is 20.0 Å². The average Bonchev–Trinajstić information content (AvgIpc) is 2.87. The van der Waals surface area contributed by atoms with Crippen LogP contribution in [0.5, 0.6) is 23.3 Å². The van der Waals surface area contributed by atoms with Crippen molar-refractivity contribution in [2.24, 2.45) is 0 Å². The first-order valence-corrected chi connectivity index (χ1v) is 6.89. The zero-order chi connectivity index (χ0) is 17.9. The Balaban J connectivity index is 2.28. The third-order valence-corrected chi connectivity index (χ3v) is 3.26. The third kappa shape index (κ3) is 3.37. The highest BCUT2D eigenvalue weighted by molar-refractivity contribution is 5.94. The molecule has 1 aromatic carbocycles. The van der Waals surface area contributed by atoms with Crippen molar-refractivity contribution < 1.29 is 29.3 Å². The lowest BCUT2D eigenvalue weighted by Crippen LogP contribution is -2.19.